The van der Waals surface area contributed by atoms with Crippen LogP contribution >= 0.6 is 0 Å². The summed E-state index contributed by atoms with van der Waals surface area (Å²) >= 11 is 0. The number of nitrogens with zero attached hydrogens (tertiary/aromatic N) is 3. The summed E-state index contributed by atoms with van der Waals surface area (Å²) in [4.78, 5) is 12.1. The first-order valence-corrected chi connectivity index (χ1v) is 6.19. The maximum atomic E-state index is 4.12. The second-order valence-corrected chi connectivity index (χ2v) is 3.97. The molecule has 0 amide bonds. The Morgan fingerprint density at radius 3 is 1.95 bits per heavy atom. The van der Waals surface area contributed by atoms with Gasteiger partial charge in [-0.05, 0) is 42.6 Å². The summed E-state index contributed by atoms with van der Waals surface area (Å²) in [6.45, 7) is 7.09. The molecule has 3 nitrogen and oxygen atoms in total. The first-order valence-electron chi connectivity index (χ1n) is 6.19. The maximum Gasteiger partial charge on any atom is 0.0886 e. The molecule has 0 saturated carbocycles. The molecule has 0 spiro atoms. The van der Waals surface area contributed by atoms with Crippen LogP contribution in [0.5, 0.6) is 0 Å². The van der Waals surface area contributed by atoms with Crippen molar-refractivity contribution < 1.29 is 0 Å². The van der Waals surface area contributed by atoms with Crippen LogP contribution in [0.25, 0.3) is 17.1 Å². The van der Waals surface area contributed by atoms with Crippen molar-refractivity contribution in [1.29, 1.82) is 0 Å². The Balaban J connectivity index is 0.000000147. The van der Waals surface area contributed by atoms with Crippen molar-refractivity contribution >= 4 is 29.5 Å². The van der Waals surface area contributed by atoms with Crippen LogP contribution < -0.4 is 0 Å². The summed E-state index contributed by atoms with van der Waals surface area (Å²) in [7, 11) is 0. The van der Waals surface area contributed by atoms with E-state index in [0.717, 1.165) is 22.3 Å². The minimum absolute atomic E-state index is 0.887. The molecule has 0 aliphatic rings. The Labute approximate surface area is 118 Å². The molecule has 20 heavy (non-hydrogen) atoms. The monoisotopic (exact) mass is 261 g/mol. The second-order valence-electron chi connectivity index (χ2n) is 3.97. The molecule has 1 aromatic carbocycles. The molecule has 2 aromatic heterocycles. The van der Waals surface area contributed by atoms with Crippen molar-refractivity contribution in [1.82, 2.24) is 9.97 Å². The summed E-state index contributed by atoms with van der Waals surface area (Å²) in [5.74, 6) is 0. The molecule has 3 rings (SSSR count). The summed E-state index contributed by atoms with van der Waals surface area (Å²) < 4.78 is 0. The number of aromatic nitrogens is 2. The van der Waals surface area contributed by atoms with E-state index < -0.39 is 0 Å². The Bertz CT molecular complexity index is 628. The average Bonchev–Trinajstić information content (AvgIpc) is 2.55. The van der Waals surface area contributed by atoms with Gasteiger partial charge in [0, 0.05) is 12.4 Å². The Hall–Kier alpha value is -2.81. The SMILES string of the molecule is C=Cc1ccccc1N=C.c1cnc2cccnc2c1. The predicted octanol–water partition coefficient (Wildman–Crippen LogP) is 4.29. The van der Waals surface area contributed by atoms with E-state index in [1.54, 1.807) is 18.5 Å². The van der Waals surface area contributed by atoms with Gasteiger partial charge in [0.15, 0.2) is 0 Å². The summed E-state index contributed by atoms with van der Waals surface area (Å²) in [6.07, 6.45) is 5.30. The van der Waals surface area contributed by atoms with Gasteiger partial charge >= 0.3 is 0 Å². The van der Waals surface area contributed by atoms with Crippen molar-refractivity contribution in [3.63, 3.8) is 0 Å². The molecule has 0 bridgehead atoms. The smallest absolute Gasteiger partial charge is 0.0886 e. The van der Waals surface area contributed by atoms with Gasteiger partial charge in [-0.1, -0.05) is 30.9 Å². The van der Waals surface area contributed by atoms with Crippen molar-refractivity contribution in [3.8, 4) is 0 Å². The minimum Gasteiger partial charge on any atom is -0.264 e. The van der Waals surface area contributed by atoms with E-state index in [-0.39, 0.29) is 0 Å². The van der Waals surface area contributed by atoms with E-state index >= 15 is 0 Å². The van der Waals surface area contributed by atoms with Crippen molar-refractivity contribution in [2.24, 2.45) is 4.99 Å². The first kappa shape index (κ1) is 13.6. The molecule has 0 aliphatic carbocycles. The van der Waals surface area contributed by atoms with E-state index in [0.29, 0.717) is 0 Å². The number of hydrogen-bond acceptors (Lipinski definition) is 3. The van der Waals surface area contributed by atoms with Gasteiger partial charge in [-0.3, -0.25) is 15.0 Å². The minimum atomic E-state index is 0.887. The van der Waals surface area contributed by atoms with E-state index in [1.165, 1.54) is 0 Å². The molecule has 0 unspecified atom stereocenters. The number of pyridine rings is 2. The van der Waals surface area contributed by atoms with Gasteiger partial charge in [0.05, 0.1) is 16.7 Å². The number of aliphatic imine (C=N–C) groups is 1. The summed E-state index contributed by atoms with van der Waals surface area (Å²) in [5, 5.41) is 0. The van der Waals surface area contributed by atoms with Gasteiger partial charge in [0.2, 0.25) is 0 Å². The summed E-state index contributed by atoms with van der Waals surface area (Å²) in [5.41, 5.74) is 3.81. The molecule has 0 fully saturated rings. The molecular formula is C17H15N3. The van der Waals surface area contributed by atoms with E-state index in [9.17, 15) is 0 Å². The normalized spacial score (nSPS) is 9.40. The molecule has 0 saturated heterocycles. The van der Waals surface area contributed by atoms with Crippen molar-refractivity contribution in [3.05, 3.63) is 73.1 Å². The van der Waals surface area contributed by atoms with Gasteiger partial charge < -0.3 is 0 Å². The molecule has 0 atom stereocenters. The highest BCUT2D eigenvalue weighted by Gasteiger charge is 1.91. The largest absolute Gasteiger partial charge is 0.264 e. The van der Waals surface area contributed by atoms with Crippen LogP contribution in [0.15, 0.2) is 72.5 Å². The number of para-hydroxylation sites is 1. The first-order chi connectivity index (χ1) is 9.85. The number of hydrogen-bond donors (Lipinski definition) is 0. The molecule has 0 radical (unpaired) electrons. The van der Waals surface area contributed by atoms with E-state index in [4.69, 9.17) is 0 Å². The highest BCUT2D eigenvalue weighted by atomic mass is 14.7. The van der Waals surface area contributed by atoms with Crippen molar-refractivity contribution in [2.45, 2.75) is 0 Å². The van der Waals surface area contributed by atoms with Crippen LogP contribution in [-0.2, 0) is 0 Å². The second kappa shape index (κ2) is 6.95. The fourth-order valence-electron chi connectivity index (χ4n) is 1.71. The van der Waals surface area contributed by atoms with Crippen LogP contribution in [0.2, 0.25) is 0 Å². The molecule has 3 aromatic rings. The zero-order valence-corrected chi connectivity index (χ0v) is 11.1. The Morgan fingerprint density at radius 1 is 0.850 bits per heavy atom. The maximum absolute atomic E-state index is 4.12. The lowest BCUT2D eigenvalue weighted by molar-refractivity contribution is 1.34. The molecule has 98 valence electrons. The van der Waals surface area contributed by atoms with E-state index in [2.05, 4.69) is 28.3 Å². The third-order valence-corrected chi connectivity index (χ3v) is 2.70. The number of fused-ring (bicyclic) bond motifs is 1. The topological polar surface area (TPSA) is 38.1 Å². The Morgan fingerprint density at radius 2 is 1.45 bits per heavy atom. The van der Waals surface area contributed by atoms with E-state index in [1.807, 2.05) is 48.5 Å². The van der Waals surface area contributed by atoms with Crippen LogP contribution in [0.4, 0.5) is 5.69 Å². The lowest BCUT2D eigenvalue weighted by Gasteiger charge is -1.95. The lowest BCUT2D eigenvalue weighted by atomic mass is 10.2. The van der Waals surface area contributed by atoms with Gasteiger partial charge in [-0.15, -0.1) is 0 Å². The summed E-state index contributed by atoms with van der Waals surface area (Å²) in [6, 6.07) is 15.4. The van der Waals surface area contributed by atoms with Crippen LogP contribution in [-0.4, -0.2) is 16.7 Å². The molecule has 0 aliphatic heterocycles. The van der Waals surface area contributed by atoms with Crippen LogP contribution in [0.1, 0.15) is 5.56 Å². The van der Waals surface area contributed by atoms with Gasteiger partial charge in [-0.2, -0.15) is 0 Å². The number of benzene rings is 1. The predicted molar refractivity (Wildman–Crippen MR) is 85.3 cm³/mol. The highest BCUT2D eigenvalue weighted by molar-refractivity contribution is 5.72. The van der Waals surface area contributed by atoms with Gasteiger partial charge in [-0.25, -0.2) is 0 Å². The third kappa shape index (κ3) is 3.36. The number of rotatable bonds is 2. The highest BCUT2D eigenvalue weighted by Crippen LogP contribution is 2.17. The zero-order valence-electron chi connectivity index (χ0n) is 11.1. The molecule has 3 heteroatoms. The molecule has 2 heterocycles. The van der Waals surface area contributed by atoms with Crippen molar-refractivity contribution in [2.75, 3.05) is 0 Å². The van der Waals surface area contributed by atoms with Gasteiger partial charge in [0.1, 0.15) is 0 Å². The fraction of sp³-hybridized carbons (Fsp3) is 0. The van der Waals surface area contributed by atoms with Gasteiger partial charge in [0.25, 0.3) is 0 Å². The quantitative estimate of drug-likeness (QED) is 0.645. The third-order valence-electron chi connectivity index (χ3n) is 2.70. The standard InChI is InChI=1S/C9H9N.C8H6N2/c1-3-8-6-4-5-7-9(8)10-2;1-3-7-8(9-5-1)4-2-6-10-7/h3-7H,1-2H2;1-6H. The fourth-order valence-corrected chi connectivity index (χ4v) is 1.71. The lowest BCUT2D eigenvalue weighted by Crippen LogP contribution is -1.78. The Kier molecular flexibility index (Phi) is 4.73. The van der Waals surface area contributed by atoms with Crippen LogP contribution in [0.3, 0.4) is 0 Å². The molecule has 0 N–H and O–H groups in total. The van der Waals surface area contributed by atoms with Crippen LogP contribution in [0, 0.1) is 0 Å². The molecular weight excluding hydrogens is 246 g/mol. The zero-order chi connectivity index (χ0) is 14.2. The average molecular weight is 261 g/mol.